The van der Waals surface area contributed by atoms with Crippen molar-refractivity contribution in [1.29, 1.82) is 0 Å². The van der Waals surface area contributed by atoms with E-state index in [0.717, 1.165) is 25.7 Å². The van der Waals surface area contributed by atoms with Crippen LogP contribution < -0.4 is 11.5 Å². The van der Waals surface area contributed by atoms with Crippen LogP contribution in [0.2, 0.25) is 0 Å². The third-order valence-electron chi connectivity index (χ3n) is 3.30. The molecule has 0 aromatic rings. The molecule has 0 aliphatic heterocycles. The minimum Gasteiger partial charge on any atom is -0.328 e. The first kappa shape index (κ1) is 11.0. The molecule has 1 aliphatic rings. The van der Waals surface area contributed by atoms with Crippen molar-refractivity contribution < 1.29 is 0 Å². The second kappa shape index (κ2) is 4.97. The molecule has 78 valence electrons. The second-order valence-electron chi connectivity index (χ2n) is 4.66. The largest absolute Gasteiger partial charge is 0.328 e. The summed E-state index contributed by atoms with van der Waals surface area (Å²) in [6, 6.07) is 0.419. The van der Waals surface area contributed by atoms with Gasteiger partial charge in [0, 0.05) is 11.6 Å². The predicted octanol–water partition coefficient (Wildman–Crippen LogP) is 2.17. The Bertz CT molecular complexity index is 137. The molecule has 0 radical (unpaired) electrons. The molecule has 0 spiro atoms. The molecule has 0 atom stereocenters. The Hall–Kier alpha value is -0.0800. The van der Waals surface area contributed by atoms with Gasteiger partial charge in [0.25, 0.3) is 0 Å². The van der Waals surface area contributed by atoms with Gasteiger partial charge in [0.1, 0.15) is 0 Å². The highest BCUT2D eigenvalue weighted by molar-refractivity contribution is 4.90. The third-order valence-corrected chi connectivity index (χ3v) is 3.30. The van der Waals surface area contributed by atoms with E-state index in [0.29, 0.717) is 6.04 Å². The Morgan fingerprint density at radius 3 is 2.38 bits per heavy atom. The summed E-state index contributed by atoms with van der Waals surface area (Å²) in [5, 5.41) is 0. The maximum absolute atomic E-state index is 6.31. The summed E-state index contributed by atoms with van der Waals surface area (Å²) in [5.74, 6) is 0. The quantitative estimate of drug-likeness (QED) is 0.658. The first-order valence-electron chi connectivity index (χ1n) is 5.71. The maximum Gasteiger partial charge on any atom is 0.0155 e. The molecule has 0 heterocycles. The van der Waals surface area contributed by atoms with E-state index < -0.39 is 0 Å². The SMILES string of the molecule is CCCCCC1(N)CCC(N)CC1. The summed E-state index contributed by atoms with van der Waals surface area (Å²) in [6.07, 6.45) is 9.64. The van der Waals surface area contributed by atoms with Gasteiger partial charge in [-0.3, -0.25) is 0 Å². The molecular weight excluding hydrogens is 160 g/mol. The lowest BCUT2D eigenvalue weighted by Crippen LogP contribution is -2.46. The standard InChI is InChI=1S/C11H24N2/c1-2-3-4-7-11(13)8-5-10(12)6-9-11/h10H,2-9,12-13H2,1H3. The molecule has 2 nitrogen and oxygen atoms in total. The van der Waals surface area contributed by atoms with Crippen LogP contribution in [0.3, 0.4) is 0 Å². The summed E-state index contributed by atoms with van der Waals surface area (Å²) in [4.78, 5) is 0. The average molecular weight is 184 g/mol. The molecule has 0 aromatic heterocycles. The number of unbranched alkanes of at least 4 members (excludes halogenated alkanes) is 2. The summed E-state index contributed by atoms with van der Waals surface area (Å²) >= 11 is 0. The van der Waals surface area contributed by atoms with Crippen molar-refractivity contribution in [3.63, 3.8) is 0 Å². The van der Waals surface area contributed by atoms with Crippen molar-refractivity contribution >= 4 is 0 Å². The lowest BCUT2D eigenvalue weighted by molar-refractivity contribution is 0.251. The van der Waals surface area contributed by atoms with Crippen LogP contribution in [0.5, 0.6) is 0 Å². The fourth-order valence-electron chi connectivity index (χ4n) is 2.19. The highest BCUT2D eigenvalue weighted by atomic mass is 14.8. The molecule has 4 N–H and O–H groups in total. The van der Waals surface area contributed by atoms with E-state index in [-0.39, 0.29) is 5.54 Å². The van der Waals surface area contributed by atoms with Crippen molar-refractivity contribution in [3.8, 4) is 0 Å². The summed E-state index contributed by atoms with van der Waals surface area (Å²) in [5.41, 5.74) is 12.3. The zero-order chi connectivity index (χ0) is 9.73. The van der Waals surface area contributed by atoms with Gasteiger partial charge in [0.05, 0.1) is 0 Å². The number of hydrogen-bond donors (Lipinski definition) is 2. The number of rotatable bonds is 4. The van der Waals surface area contributed by atoms with Crippen LogP contribution in [0.1, 0.15) is 58.3 Å². The molecule has 0 aromatic carbocycles. The van der Waals surface area contributed by atoms with Gasteiger partial charge < -0.3 is 11.5 Å². The summed E-state index contributed by atoms with van der Waals surface area (Å²) in [6.45, 7) is 2.24. The molecular formula is C11H24N2. The number of hydrogen-bond acceptors (Lipinski definition) is 2. The monoisotopic (exact) mass is 184 g/mol. The van der Waals surface area contributed by atoms with Crippen LogP contribution in [0.25, 0.3) is 0 Å². The predicted molar refractivity (Wildman–Crippen MR) is 57.5 cm³/mol. The molecule has 0 amide bonds. The van der Waals surface area contributed by atoms with E-state index in [1.54, 1.807) is 0 Å². The van der Waals surface area contributed by atoms with Gasteiger partial charge in [-0.1, -0.05) is 26.2 Å². The van der Waals surface area contributed by atoms with Crippen LogP contribution in [0, 0.1) is 0 Å². The lowest BCUT2D eigenvalue weighted by atomic mass is 9.77. The van der Waals surface area contributed by atoms with E-state index in [4.69, 9.17) is 11.5 Å². The van der Waals surface area contributed by atoms with Crippen LogP contribution in [-0.2, 0) is 0 Å². The molecule has 1 saturated carbocycles. The van der Waals surface area contributed by atoms with E-state index >= 15 is 0 Å². The molecule has 0 bridgehead atoms. The van der Waals surface area contributed by atoms with Crippen molar-refractivity contribution in [2.45, 2.75) is 69.9 Å². The minimum absolute atomic E-state index is 0.130. The second-order valence-corrected chi connectivity index (χ2v) is 4.66. The Morgan fingerprint density at radius 2 is 1.85 bits per heavy atom. The first-order chi connectivity index (χ1) is 6.16. The topological polar surface area (TPSA) is 52.0 Å². The van der Waals surface area contributed by atoms with Gasteiger partial charge in [-0.05, 0) is 32.1 Å². The van der Waals surface area contributed by atoms with Crippen molar-refractivity contribution in [2.24, 2.45) is 11.5 Å². The zero-order valence-corrected chi connectivity index (χ0v) is 8.89. The Labute approximate surface area is 82.1 Å². The van der Waals surface area contributed by atoms with Crippen LogP contribution >= 0.6 is 0 Å². The molecule has 13 heavy (non-hydrogen) atoms. The highest BCUT2D eigenvalue weighted by Gasteiger charge is 2.29. The summed E-state index contributed by atoms with van der Waals surface area (Å²) < 4.78 is 0. The zero-order valence-electron chi connectivity index (χ0n) is 8.89. The fraction of sp³-hybridized carbons (Fsp3) is 1.00. The molecule has 2 heteroatoms. The minimum atomic E-state index is 0.130. The molecule has 1 aliphatic carbocycles. The van der Waals surface area contributed by atoms with Crippen LogP contribution in [0.4, 0.5) is 0 Å². The van der Waals surface area contributed by atoms with E-state index in [2.05, 4.69) is 6.92 Å². The van der Waals surface area contributed by atoms with Crippen LogP contribution in [-0.4, -0.2) is 11.6 Å². The fourth-order valence-corrected chi connectivity index (χ4v) is 2.19. The lowest BCUT2D eigenvalue weighted by Gasteiger charge is -2.36. The van der Waals surface area contributed by atoms with Crippen molar-refractivity contribution in [1.82, 2.24) is 0 Å². The highest BCUT2D eigenvalue weighted by Crippen LogP contribution is 2.29. The average Bonchev–Trinajstić information content (AvgIpc) is 2.12. The summed E-state index contributed by atoms with van der Waals surface area (Å²) in [7, 11) is 0. The van der Waals surface area contributed by atoms with Gasteiger partial charge in [0.2, 0.25) is 0 Å². The molecule has 1 rings (SSSR count). The smallest absolute Gasteiger partial charge is 0.0155 e. The molecule has 0 unspecified atom stereocenters. The van der Waals surface area contributed by atoms with E-state index in [1.165, 1.54) is 25.7 Å². The molecule has 0 saturated heterocycles. The third kappa shape index (κ3) is 3.65. The molecule has 1 fully saturated rings. The van der Waals surface area contributed by atoms with Gasteiger partial charge in [-0.15, -0.1) is 0 Å². The maximum atomic E-state index is 6.31. The van der Waals surface area contributed by atoms with Gasteiger partial charge in [-0.25, -0.2) is 0 Å². The normalized spacial score (nSPS) is 34.8. The van der Waals surface area contributed by atoms with Gasteiger partial charge in [0.15, 0.2) is 0 Å². The van der Waals surface area contributed by atoms with Crippen molar-refractivity contribution in [2.75, 3.05) is 0 Å². The Morgan fingerprint density at radius 1 is 1.23 bits per heavy atom. The van der Waals surface area contributed by atoms with Crippen molar-refractivity contribution in [3.05, 3.63) is 0 Å². The van der Waals surface area contributed by atoms with Gasteiger partial charge in [-0.2, -0.15) is 0 Å². The number of nitrogens with two attached hydrogens (primary N) is 2. The Balaban J connectivity index is 2.22. The van der Waals surface area contributed by atoms with E-state index in [9.17, 15) is 0 Å². The van der Waals surface area contributed by atoms with Gasteiger partial charge >= 0.3 is 0 Å². The van der Waals surface area contributed by atoms with Crippen LogP contribution in [0.15, 0.2) is 0 Å². The van der Waals surface area contributed by atoms with E-state index in [1.807, 2.05) is 0 Å². The Kier molecular flexibility index (Phi) is 4.20. The first-order valence-corrected chi connectivity index (χ1v) is 5.71.